The highest BCUT2D eigenvalue weighted by atomic mass is 79.9. The van der Waals surface area contributed by atoms with Crippen molar-refractivity contribution in [2.24, 2.45) is 5.92 Å². The predicted molar refractivity (Wildman–Crippen MR) is 88.5 cm³/mol. The molecule has 21 heavy (non-hydrogen) atoms. The minimum absolute atomic E-state index is 0.392. The van der Waals surface area contributed by atoms with Crippen LogP contribution in [0.5, 0.6) is 11.5 Å². The first-order valence-corrected chi connectivity index (χ1v) is 8.87. The molecule has 2 heterocycles. The van der Waals surface area contributed by atoms with Crippen LogP contribution in [-0.4, -0.2) is 13.2 Å². The zero-order valence-electron chi connectivity index (χ0n) is 11.5. The normalized spacial score (nSPS) is 18.3. The predicted octanol–water partition coefficient (Wildman–Crippen LogP) is 4.85. The molecule has 0 spiro atoms. The van der Waals surface area contributed by atoms with E-state index in [1.807, 2.05) is 23.5 Å². The van der Waals surface area contributed by atoms with Crippen molar-refractivity contribution in [3.63, 3.8) is 0 Å². The lowest BCUT2D eigenvalue weighted by atomic mass is 10.1. The molecule has 0 bridgehead atoms. The van der Waals surface area contributed by atoms with Crippen molar-refractivity contribution in [3.8, 4) is 11.5 Å². The average molecular weight is 366 g/mol. The van der Waals surface area contributed by atoms with E-state index < -0.39 is 0 Å². The Bertz CT molecular complexity index is 640. The highest BCUT2D eigenvalue weighted by Crippen LogP contribution is 2.46. The lowest BCUT2D eigenvalue weighted by Crippen LogP contribution is -2.16. The number of hydrogen-bond donors (Lipinski definition) is 1. The Kier molecular flexibility index (Phi) is 3.55. The van der Waals surface area contributed by atoms with Crippen LogP contribution in [0.1, 0.15) is 23.8 Å². The van der Waals surface area contributed by atoms with Crippen molar-refractivity contribution in [1.29, 1.82) is 0 Å². The topological polar surface area (TPSA) is 30.5 Å². The monoisotopic (exact) mass is 365 g/mol. The van der Waals surface area contributed by atoms with Crippen LogP contribution in [0.2, 0.25) is 0 Å². The van der Waals surface area contributed by atoms with E-state index in [1.54, 1.807) is 0 Å². The summed E-state index contributed by atoms with van der Waals surface area (Å²) < 4.78 is 12.3. The summed E-state index contributed by atoms with van der Waals surface area (Å²) in [5, 5.41) is 5.83. The number of halogens is 1. The SMILES string of the molecule is Brc1cc2c(cc1NC(c1cccs1)C1CC1)OCCO2. The summed E-state index contributed by atoms with van der Waals surface area (Å²) in [6, 6.07) is 8.77. The zero-order chi connectivity index (χ0) is 14.2. The molecule has 1 aromatic carbocycles. The molecule has 3 nitrogen and oxygen atoms in total. The van der Waals surface area contributed by atoms with Crippen molar-refractivity contribution in [3.05, 3.63) is 39.0 Å². The number of thiophene rings is 1. The molecule has 1 atom stereocenters. The number of anilines is 1. The standard InChI is InChI=1S/C16H16BrNO2S/c17-11-8-13-14(20-6-5-19-13)9-12(11)18-16(10-3-4-10)15-2-1-7-21-15/h1-2,7-10,16,18H,3-6H2. The molecule has 1 saturated carbocycles. The van der Waals surface area contributed by atoms with Gasteiger partial charge in [0, 0.05) is 21.5 Å². The van der Waals surface area contributed by atoms with E-state index in [0.717, 1.165) is 27.6 Å². The van der Waals surface area contributed by atoms with Gasteiger partial charge in [-0.25, -0.2) is 0 Å². The van der Waals surface area contributed by atoms with E-state index >= 15 is 0 Å². The molecule has 2 aliphatic rings. The quantitative estimate of drug-likeness (QED) is 0.840. The first-order valence-electron chi connectivity index (χ1n) is 7.20. The second-order valence-corrected chi connectivity index (χ2v) is 7.28. The highest BCUT2D eigenvalue weighted by Gasteiger charge is 2.33. The van der Waals surface area contributed by atoms with Gasteiger partial charge in [-0.1, -0.05) is 6.07 Å². The van der Waals surface area contributed by atoms with Gasteiger partial charge in [0.25, 0.3) is 0 Å². The number of benzene rings is 1. The number of ether oxygens (including phenoxy) is 2. The molecule has 0 saturated heterocycles. The fourth-order valence-electron chi connectivity index (χ4n) is 2.66. The summed E-state index contributed by atoms with van der Waals surface area (Å²) in [5.74, 6) is 2.38. The van der Waals surface area contributed by atoms with Gasteiger partial charge in [-0.05, 0) is 46.1 Å². The largest absolute Gasteiger partial charge is 0.486 e. The molecule has 1 aromatic heterocycles. The fourth-order valence-corrected chi connectivity index (χ4v) is 3.97. The summed E-state index contributed by atoms with van der Waals surface area (Å²) in [7, 11) is 0. The second kappa shape index (κ2) is 5.54. The average Bonchev–Trinajstić information content (AvgIpc) is 3.19. The Balaban J connectivity index is 1.63. The summed E-state index contributed by atoms with van der Waals surface area (Å²) in [5.41, 5.74) is 1.07. The first kappa shape index (κ1) is 13.5. The molecule has 1 N–H and O–H groups in total. The van der Waals surface area contributed by atoms with Crippen LogP contribution in [-0.2, 0) is 0 Å². The van der Waals surface area contributed by atoms with Gasteiger partial charge in [0.15, 0.2) is 11.5 Å². The van der Waals surface area contributed by atoms with Crippen LogP contribution in [0.15, 0.2) is 34.1 Å². The summed E-state index contributed by atoms with van der Waals surface area (Å²) in [6.07, 6.45) is 2.61. The Morgan fingerprint density at radius 2 is 1.95 bits per heavy atom. The molecule has 4 rings (SSSR count). The summed E-state index contributed by atoms with van der Waals surface area (Å²) in [6.45, 7) is 1.23. The van der Waals surface area contributed by atoms with E-state index in [9.17, 15) is 0 Å². The van der Waals surface area contributed by atoms with Gasteiger partial charge in [0.05, 0.1) is 11.7 Å². The highest BCUT2D eigenvalue weighted by molar-refractivity contribution is 9.10. The van der Waals surface area contributed by atoms with Crippen molar-refractivity contribution < 1.29 is 9.47 Å². The zero-order valence-corrected chi connectivity index (χ0v) is 13.9. The molecule has 1 unspecified atom stereocenters. The fraction of sp³-hybridized carbons (Fsp3) is 0.375. The Labute approximate surface area is 136 Å². The van der Waals surface area contributed by atoms with Gasteiger partial charge in [-0.15, -0.1) is 11.3 Å². The molecule has 1 fully saturated rings. The summed E-state index contributed by atoms with van der Waals surface area (Å²) >= 11 is 5.46. The van der Waals surface area contributed by atoms with Crippen molar-refractivity contribution in [1.82, 2.24) is 0 Å². The molecule has 2 aromatic rings. The molecule has 0 radical (unpaired) electrons. The van der Waals surface area contributed by atoms with Crippen molar-refractivity contribution >= 4 is 33.0 Å². The van der Waals surface area contributed by atoms with Crippen LogP contribution in [0.4, 0.5) is 5.69 Å². The third-order valence-electron chi connectivity index (χ3n) is 3.89. The smallest absolute Gasteiger partial charge is 0.163 e. The van der Waals surface area contributed by atoms with Gasteiger partial charge >= 0.3 is 0 Å². The first-order chi connectivity index (χ1) is 10.3. The minimum Gasteiger partial charge on any atom is -0.486 e. The van der Waals surface area contributed by atoms with Crippen LogP contribution in [0.3, 0.4) is 0 Å². The van der Waals surface area contributed by atoms with Gasteiger partial charge in [0.2, 0.25) is 0 Å². The van der Waals surface area contributed by atoms with E-state index in [2.05, 4.69) is 38.8 Å². The number of nitrogens with one attached hydrogen (secondary N) is 1. The molecular formula is C16H16BrNO2S. The van der Waals surface area contributed by atoms with Gasteiger partial charge < -0.3 is 14.8 Å². The molecule has 1 aliphatic heterocycles. The van der Waals surface area contributed by atoms with Crippen LogP contribution < -0.4 is 14.8 Å². The van der Waals surface area contributed by atoms with Gasteiger partial charge in [-0.3, -0.25) is 0 Å². The summed E-state index contributed by atoms with van der Waals surface area (Å²) in [4.78, 5) is 1.40. The Hall–Kier alpha value is -1.20. The number of rotatable bonds is 4. The van der Waals surface area contributed by atoms with Crippen LogP contribution in [0, 0.1) is 5.92 Å². The van der Waals surface area contributed by atoms with E-state index in [0.29, 0.717) is 19.3 Å². The molecule has 0 amide bonds. The number of fused-ring (bicyclic) bond motifs is 1. The molecule has 110 valence electrons. The van der Waals surface area contributed by atoms with E-state index in [1.165, 1.54) is 17.7 Å². The third kappa shape index (κ3) is 2.77. The third-order valence-corrected chi connectivity index (χ3v) is 5.50. The maximum atomic E-state index is 5.68. The van der Waals surface area contributed by atoms with Gasteiger partial charge in [0.1, 0.15) is 13.2 Å². The van der Waals surface area contributed by atoms with Crippen molar-refractivity contribution in [2.45, 2.75) is 18.9 Å². The minimum atomic E-state index is 0.392. The molecule has 1 aliphatic carbocycles. The maximum Gasteiger partial charge on any atom is 0.163 e. The second-order valence-electron chi connectivity index (χ2n) is 5.45. The van der Waals surface area contributed by atoms with Crippen molar-refractivity contribution in [2.75, 3.05) is 18.5 Å². The Morgan fingerprint density at radius 3 is 2.62 bits per heavy atom. The molecule has 5 heteroatoms. The van der Waals surface area contributed by atoms with E-state index in [-0.39, 0.29) is 0 Å². The van der Waals surface area contributed by atoms with E-state index in [4.69, 9.17) is 9.47 Å². The van der Waals surface area contributed by atoms with Crippen LogP contribution >= 0.6 is 27.3 Å². The number of hydrogen-bond acceptors (Lipinski definition) is 4. The lowest BCUT2D eigenvalue weighted by molar-refractivity contribution is 0.171. The van der Waals surface area contributed by atoms with Crippen LogP contribution in [0.25, 0.3) is 0 Å². The maximum absolute atomic E-state index is 5.68. The van der Waals surface area contributed by atoms with Gasteiger partial charge in [-0.2, -0.15) is 0 Å². The molecular weight excluding hydrogens is 350 g/mol. The Morgan fingerprint density at radius 1 is 1.19 bits per heavy atom. The lowest BCUT2D eigenvalue weighted by Gasteiger charge is -2.23.